The molecule has 1 fully saturated rings. The number of hydroxylamine groups is 1. The lowest BCUT2D eigenvalue weighted by molar-refractivity contribution is -0.124. The van der Waals surface area contributed by atoms with E-state index in [2.05, 4.69) is 10.3 Å². The van der Waals surface area contributed by atoms with E-state index in [1.54, 1.807) is 17.8 Å². The number of amides is 2. The number of nitrogens with zero attached hydrogens (tertiary/aromatic N) is 3. The third kappa shape index (κ3) is 6.21. The Hall–Kier alpha value is -3.62. The highest BCUT2D eigenvalue weighted by molar-refractivity contribution is 5.94. The SMILES string of the molecule is Cl.O=C(C=Cc1ccc(NC2CCN(C(=O)c3ccc(-n4cccc4)cc3)CC2)nc1)NO. The van der Waals surface area contributed by atoms with Gasteiger partial charge in [0.25, 0.3) is 11.8 Å². The van der Waals surface area contributed by atoms with Gasteiger partial charge in [0, 0.05) is 55.0 Å². The predicted molar refractivity (Wildman–Crippen MR) is 129 cm³/mol. The van der Waals surface area contributed by atoms with Crippen LogP contribution in [-0.2, 0) is 4.79 Å². The number of aromatic nitrogens is 2. The van der Waals surface area contributed by atoms with E-state index in [4.69, 9.17) is 5.21 Å². The van der Waals surface area contributed by atoms with Crippen molar-refractivity contribution in [3.63, 3.8) is 0 Å². The molecule has 8 nitrogen and oxygen atoms in total. The molecule has 33 heavy (non-hydrogen) atoms. The van der Waals surface area contributed by atoms with E-state index in [0.29, 0.717) is 18.7 Å². The Morgan fingerprint density at radius 1 is 1.03 bits per heavy atom. The van der Waals surface area contributed by atoms with Gasteiger partial charge in [-0.2, -0.15) is 0 Å². The molecule has 9 heteroatoms. The van der Waals surface area contributed by atoms with Crippen LogP contribution in [0.5, 0.6) is 0 Å². The number of nitrogens with one attached hydrogen (secondary N) is 2. The lowest BCUT2D eigenvalue weighted by Gasteiger charge is -2.32. The Balaban J connectivity index is 0.00000306. The molecule has 0 atom stereocenters. The van der Waals surface area contributed by atoms with E-state index in [-0.39, 0.29) is 24.4 Å². The Kier molecular flexibility index (Phi) is 8.23. The van der Waals surface area contributed by atoms with Crippen LogP contribution in [0.2, 0.25) is 0 Å². The number of rotatable bonds is 6. The maximum Gasteiger partial charge on any atom is 0.267 e. The molecule has 3 heterocycles. The van der Waals surface area contributed by atoms with Crippen molar-refractivity contribution in [3.05, 3.63) is 84.3 Å². The van der Waals surface area contributed by atoms with Crippen molar-refractivity contribution in [2.75, 3.05) is 18.4 Å². The van der Waals surface area contributed by atoms with Gasteiger partial charge in [-0.15, -0.1) is 12.4 Å². The molecule has 0 unspecified atom stereocenters. The number of hydrogen-bond acceptors (Lipinski definition) is 5. The summed E-state index contributed by atoms with van der Waals surface area (Å²) in [6, 6.07) is 15.5. The van der Waals surface area contributed by atoms with Crippen LogP contribution in [0.1, 0.15) is 28.8 Å². The summed E-state index contributed by atoms with van der Waals surface area (Å²) in [5.41, 5.74) is 4.02. The van der Waals surface area contributed by atoms with E-state index in [1.807, 2.05) is 70.4 Å². The third-order valence-electron chi connectivity index (χ3n) is 5.47. The van der Waals surface area contributed by atoms with Gasteiger partial charge in [0.2, 0.25) is 0 Å². The average Bonchev–Trinajstić information content (AvgIpc) is 3.39. The number of piperidine rings is 1. The molecule has 1 aromatic carbocycles. The maximum absolute atomic E-state index is 12.9. The van der Waals surface area contributed by atoms with Crippen LogP contribution in [0.3, 0.4) is 0 Å². The molecule has 3 aromatic rings. The van der Waals surface area contributed by atoms with E-state index in [1.165, 1.54) is 6.08 Å². The van der Waals surface area contributed by atoms with Crippen molar-refractivity contribution in [2.45, 2.75) is 18.9 Å². The van der Waals surface area contributed by atoms with Crippen LogP contribution in [0, 0.1) is 0 Å². The molecule has 1 aliphatic heterocycles. The van der Waals surface area contributed by atoms with Crippen molar-refractivity contribution in [3.8, 4) is 5.69 Å². The number of carbonyl (C=O) groups is 2. The van der Waals surface area contributed by atoms with Gasteiger partial charge in [0.05, 0.1) is 0 Å². The van der Waals surface area contributed by atoms with Crippen LogP contribution < -0.4 is 10.8 Å². The number of benzene rings is 1. The number of pyridine rings is 1. The number of hydrogen-bond donors (Lipinski definition) is 3. The first kappa shape index (κ1) is 24.0. The molecular formula is C24H26ClN5O3. The van der Waals surface area contributed by atoms with Crippen LogP contribution >= 0.6 is 12.4 Å². The van der Waals surface area contributed by atoms with E-state index >= 15 is 0 Å². The third-order valence-corrected chi connectivity index (χ3v) is 5.47. The summed E-state index contributed by atoms with van der Waals surface area (Å²) in [5, 5.41) is 11.9. The van der Waals surface area contributed by atoms with Gasteiger partial charge in [0.15, 0.2) is 0 Å². The fraction of sp³-hybridized carbons (Fsp3) is 0.208. The summed E-state index contributed by atoms with van der Waals surface area (Å²) >= 11 is 0. The van der Waals surface area contributed by atoms with Gasteiger partial charge in [-0.1, -0.05) is 0 Å². The van der Waals surface area contributed by atoms with Crippen molar-refractivity contribution >= 4 is 36.1 Å². The molecule has 0 radical (unpaired) electrons. The monoisotopic (exact) mass is 467 g/mol. The zero-order chi connectivity index (χ0) is 22.3. The molecule has 1 saturated heterocycles. The summed E-state index contributed by atoms with van der Waals surface area (Å²) in [7, 11) is 0. The minimum absolute atomic E-state index is 0. The normalized spacial score (nSPS) is 14.0. The molecule has 172 valence electrons. The standard InChI is InChI=1S/C24H25N5O3.ClH/c30-23(27-32)10-4-18-3-9-22(25-17-18)26-20-11-15-29(16-12-20)24(31)19-5-7-21(8-6-19)28-13-1-2-14-28;/h1-10,13-14,17,20,32H,11-12,15-16H2,(H,25,26)(H,27,30);1H. The minimum atomic E-state index is -0.592. The minimum Gasteiger partial charge on any atom is -0.367 e. The quantitative estimate of drug-likeness (QED) is 0.292. The van der Waals surface area contributed by atoms with Crippen LogP contribution in [0.25, 0.3) is 11.8 Å². The van der Waals surface area contributed by atoms with Gasteiger partial charge >= 0.3 is 0 Å². The first-order valence-electron chi connectivity index (χ1n) is 10.5. The molecule has 2 aromatic heterocycles. The smallest absolute Gasteiger partial charge is 0.267 e. The molecule has 1 aliphatic rings. The maximum atomic E-state index is 12.9. The van der Waals surface area contributed by atoms with Gasteiger partial charge in [-0.25, -0.2) is 10.5 Å². The molecule has 0 spiro atoms. The van der Waals surface area contributed by atoms with Crippen molar-refractivity contribution in [1.29, 1.82) is 0 Å². The first-order chi connectivity index (χ1) is 15.6. The molecule has 0 bridgehead atoms. The number of anilines is 1. The van der Waals surface area contributed by atoms with Crippen LogP contribution in [0.15, 0.2) is 73.2 Å². The van der Waals surface area contributed by atoms with Crippen molar-refractivity contribution < 1.29 is 14.8 Å². The number of likely N-dealkylation sites (tertiary alicyclic amines) is 1. The van der Waals surface area contributed by atoms with Gasteiger partial charge in [-0.3, -0.25) is 14.8 Å². The largest absolute Gasteiger partial charge is 0.367 e. The second kappa shape index (κ2) is 11.3. The second-order valence-corrected chi connectivity index (χ2v) is 7.63. The second-order valence-electron chi connectivity index (χ2n) is 7.63. The van der Waals surface area contributed by atoms with Crippen LogP contribution in [0.4, 0.5) is 5.82 Å². The lowest BCUT2D eigenvalue weighted by atomic mass is 10.0. The Bertz CT molecular complexity index is 1070. The summed E-state index contributed by atoms with van der Waals surface area (Å²) in [5.74, 6) is 0.216. The Morgan fingerprint density at radius 2 is 1.73 bits per heavy atom. The first-order valence-corrected chi connectivity index (χ1v) is 10.5. The topological polar surface area (TPSA) is 99.5 Å². The molecule has 2 amide bonds. The fourth-order valence-electron chi connectivity index (χ4n) is 3.70. The zero-order valence-electron chi connectivity index (χ0n) is 17.9. The zero-order valence-corrected chi connectivity index (χ0v) is 18.7. The summed E-state index contributed by atoms with van der Waals surface area (Å²) in [6.07, 6.45) is 10.1. The van der Waals surface area contributed by atoms with E-state index < -0.39 is 5.91 Å². The van der Waals surface area contributed by atoms with Gasteiger partial charge in [0.1, 0.15) is 5.82 Å². The fourth-order valence-corrected chi connectivity index (χ4v) is 3.70. The highest BCUT2D eigenvalue weighted by Crippen LogP contribution is 2.19. The summed E-state index contributed by atoms with van der Waals surface area (Å²) < 4.78 is 2.01. The van der Waals surface area contributed by atoms with Crippen molar-refractivity contribution in [1.82, 2.24) is 19.9 Å². The highest BCUT2D eigenvalue weighted by atomic mass is 35.5. The molecule has 4 rings (SSSR count). The number of carbonyl (C=O) groups excluding carboxylic acids is 2. The van der Waals surface area contributed by atoms with Gasteiger partial charge < -0.3 is 14.8 Å². The van der Waals surface area contributed by atoms with E-state index in [0.717, 1.165) is 29.9 Å². The Labute approximate surface area is 198 Å². The van der Waals surface area contributed by atoms with Crippen LogP contribution in [-0.4, -0.2) is 50.6 Å². The molecule has 0 saturated carbocycles. The Morgan fingerprint density at radius 3 is 2.33 bits per heavy atom. The predicted octanol–water partition coefficient (Wildman–Crippen LogP) is 3.53. The van der Waals surface area contributed by atoms with Gasteiger partial charge in [-0.05, 0) is 73.0 Å². The average molecular weight is 468 g/mol. The molecular weight excluding hydrogens is 442 g/mol. The summed E-state index contributed by atoms with van der Waals surface area (Å²) in [6.45, 7) is 1.37. The van der Waals surface area contributed by atoms with E-state index in [9.17, 15) is 9.59 Å². The molecule has 0 aliphatic carbocycles. The lowest BCUT2D eigenvalue weighted by Crippen LogP contribution is -2.42. The molecule has 3 N–H and O–H groups in total. The summed E-state index contributed by atoms with van der Waals surface area (Å²) in [4.78, 5) is 30.2. The highest BCUT2D eigenvalue weighted by Gasteiger charge is 2.23. The van der Waals surface area contributed by atoms with Crippen molar-refractivity contribution in [2.24, 2.45) is 0 Å². The number of halogens is 1.